The Balaban J connectivity index is 2.59. The molecule has 1 heterocycles. The molecule has 0 spiro atoms. The summed E-state index contributed by atoms with van der Waals surface area (Å²) in [5, 5.41) is 5.34. The smallest absolute Gasteiger partial charge is 0.238 e. The van der Waals surface area contributed by atoms with Crippen molar-refractivity contribution < 1.29 is 13.2 Å². The molecule has 0 fully saturated rings. The average Bonchev–Trinajstić information content (AvgIpc) is 2.78. The van der Waals surface area contributed by atoms with Crippen molar-refractivity contribution in [1.82, 2.24) is 4.90 Å². The topological polar surface area (TPSA) is 80.5 Å². The lowest BCUT2D eigenvalue weighted by Gasteiger charge is -2.19. The van der Waals surface area contributed by atoms with E-state index in [1.54, 1.807) is 13.8 Å². The highest BCUT2D eigenvalue weighted by molar-refractivity contribution is 7.89. The molecule has 21 heavy (non-hydrogen) atoms. The van der Waals surface area contributed by atoms with E-state index in [9.17, 15) is 13.2 Å². The lowest BCUT2D eigenvalue weighted by atomic mass is 9.97. The first-order chi connectivity index (χ1) is 9.61. The van der Waals surface area contributed by atoms with Crippen LogP contribution in [0.5, 0.6) is 0 Å². The van der Waals surface area contributed by atoms with Crippen molar-refractivity contribution in [2.75, 3.05) is 0 Å². The number of benzene rings is 1. The number of sulfonamides is 1. The molecule has 0 bridgehead atoms. The summed E-state index contributed by atoms with van der Waals surface area (Å²) in [5.74, 6) is -0.246. The van der Waals surface area contributed by atoms with Gasteiger partial charge in [-0.25, -0.2) is 13.6 Å². The Morgan fingerprint density at radius 1 is 1.19 bits per heavy atom. The van der Waals surface area contributed by atoms with E-state index >= 15 is 0 Å². The lowest BCUT2D eigenvalue weighted by molar-refractivity contribution is 0.0939. The first-order valence-electron chi connectivity index (χ1n) is 7.08. The van der Waals surface area contributed by atoms with Gasteiger partial charge in [0.2, 0.25) is 10.0 Å². The molecule has 1 aliphatic rings. The standard InChI is InChI=1S/C15H22N2O3S/c1-9(2)15(18)11-5-12-7-17(10(3)4)8-13(12)14(6-11)21(16,19)20/h5-6,9-10H,7-8H2,1-4H3,(H2,16,19,20). The van der Waals surface area contributed by atoms with Crippen LogP contribution in [0, 0.1) is 5.92 Å². The monoisotopic (exact) mass is 310 g/mol. The summed E-state index contributed by atoms with van der Waals surface area (Å²) in [6.07, 6.45) is 0. The van der Waals surface area contributed by atoms with Crippen molar-refractivity contribution in [3.05, 3.63) is 28.8 Å². The predicted molar refractivity (Wildman–Crippen MR) is 81.4 cm³/mol. The number of Topliss-reactive ketones (excluding diaryl/α,β-unsaturated/α-hetero) is 1. The van der Waals surface area contributed by atoms with Gasteiger partial charge >= 0.3 is 0 Å². The molecule has 0 saturated heterocycles. The molecule has 0 aromatic heterocycles. The van der Waals surface area contributed by atoms with Crippen LogP contribution in [-0.4, -0.2) is 25.1 Å². The number of carbonyl (C=O) groups is 1. The van der Waals surface area contributed by atoms with Crippen LogP contribution in [0.15, 0.2) is 17.0 Å². The molecule has 0 saturated carbocycles. The summed E-state index contributed by atoms with van der Waals surface area (Å²) >= 11 is 0. The summed E-state index contributed by atoms with van der Waals surface area (Å²) in [4.78, 5) is 14.4. The number of rotatable bonds is 4. The zero-order valence-electron chi connectivity index (χ0n) is 12.9. The predicted octanol–water partition coefficient (Wildman–Crippen LogP) is 1.90. The number of nitrogens with two attached hydrogens (primary N) is 1. The van der Waals surface area contributed by atoms with E-state index in [4.69, 9.17) is 5.14 Å². The van der Waals surface area contributed by atoms with Crippen LogP contribution in [0.4, 0.5) is 0 Å². The third-order valence-corrected chi connectivity index (χ3v) is 4.86. The minimum absolute atomic E-state index is 0.0642. The highest BCUT2D eigenvalue weighted by Crippen LogP contribution is 2.31. The van der Waals surface area contributed by atoms with E-state index in [0.29, 0.717) is 24.7 Å². The Morgan fingerprint density at radius 2 is 1.81 bits per heavy atom. The molecule has 2 N–H and O–H groups in total. The minimum atomic E-state index is -3.84. The number of ketones is 1. The fraction of sp³-hybridized carbons (Fsp3) is 0.533. The van der Waals surface area contributed by atoms with Gasteiger partial charge in [-0.1, -0.05) is 13.8 Å². The number of primary sulfonamides is 1. The van der Waals surface area contributed by atoms with Crippen LogP contribution in [0.25, 0.3) is 0 Å². The van der Waals surface area contributed by atoms with Gasteiger partial charge in [-0.3, -0.25) is 9.69 Å². The molecule has 1 aromatic rings. The molecule has 0 aliphatic carbocycles. The summed E-state index contributed by atoms with van der Waals surface area (Å²) in [7, 11) is -3.84. The van der Waals surface area contributed by atoms with Crippen LogP contribution >= 0.6 is 0 Å². The number of hydrogen-bond donors (Lipinski definition) is 1. The van der Waals surface area contributed by atoms with Gasteiger partial charge in [-0.15, -0.1) is 0 Å². The van der Waals surface area contributed by atoms with E-state index in [2.05, 4.69) is 18.7 Å². The van der Waals surface area contributed by atoms with Crippen molar-refractivity contribution >= 4 is 15.8 Å². The first kappa shape index (κ1) is 16.1. The molecular weight excluding hydrogens is 288 g/mol. The van der Waals surface area contributed by atoms with Crippen LogP contribution in [0.1, 0.15) is 49.2 Å². The van der Waals surface area contributed by atoms with Crippen molar-refractivity contribution in [3.8, 4) is 0 Å². The molecule has 2 rings (SSSR count). The summed E-state index contributed by atoms with van der Waals surface area (Å²) in [6.45, 7) is 8.91. The van der Waals surface area contributed by atoms with Crippen LogP contribution < -0.4 is 5.14 Å². The van der Waals surface area contributed by atoms with Crippen molar-refractivity contribution in [3.63, 3.8) is 0 Å². The van der Waals surface area contributed by atoms with Gasteiger partial charge in [0.05, 0.1) is 4.90 Å². The normalized spacial score (nSPS) is 15.8. The second-order valence-electron chi connectivity index (χ2n) is 6.17. The number of fused-ring (bicyclic) bond motifs is 1. The highest BCUT2D eigenvalue weighted by Gasteiger charge is 2.29. The maximum absolute atomic E-state index is 12.2. The van der Waals surface area contributed by atoms with E-state index in [0.717, 1.165) is 11.1 Å². The number of hydrogen-bond acceptors (Lipinski definition) is 4. The maximum atomic E-state index is 12.2. The molecule has 0 amide bonds. The van der Waals surface area contributed by atoms with Crippen molar-refractivity contribution in [2.24, 2.45) is 11.1 Å². The molecule has 6 heteroatoms. The maximum Gasteiger partial charge on any atom is 0.238 e. The number of carbonyl (C=O) groups excluding carboxylic acids is 1. The number of nitrogens with zero attached hydrogens (tertiary/aromatic N) is 1. The fourth-order valence-electron chi connectivity index (χ4n) is 2.60. The molecule has 1 aromatic carbocycles. The Morgan fingerprint density at radius 3 is 2.29 bits per heavy atom. The summed E-state index contributed by atoms with van der Waals surface area (Å²) in [5.41, 5.74) is 2.05. The second kappa shape index (κ2) is 5.51. The zero-order valence-corrected chi connectivity index (χ0v) is 13.7. The van der Waals surface area contributed by atoms with E-state index in [-0.39, 0.29) is 16.6 Å². The molecule has 0 atom stereocenters. The highest BCUT2D eigenvalue weighted by atomic mass is 32.2. The summed E-state index contributed by atoms with van der Waals surface area (Å²) < 4.78 is 23.7. The fourth-order valence-corrected chi connectivity index (χ4v) is 3.43. The Kier molecular flexibility index (Phi) is 4.24. The molecule has 0 unspecified atom stereocenters. The van der Waals surface area contributed by atoms with Crippen molar-refractivity contribution in [1.29, 1.82) is 0 Å². The SMILES string of the molecule is CC(C)C(=O)c1cc2c(c(S(N)(=O)=O)c1)CN(C(C)C)C2. The lowest BCUT2D eigenvalue weighted by Crippen LogP contribution is -2.25. The Hall–Kier alpha value is -1.24. The molecule has 0 radical (unpaired) electrons. The molecule has 1 aliphatic heterocycles. The van der Waals surface area contributed by atoms with Gasteiger partial charge in [-0.2, -0.15) is 0 Å². The van der Waals surface area contributed by atoms with Crippen molar-refractivity contribution in [2.45, 2.75) is 51.7 Å². The van der Waals surface area contributed by atoms with Gasteiger partial charge in [0.1, 0.15) is 0 Å². The summed E-state index contributed by atoms with van der Waals surface area (Å²) in [6, 6.07) is 3.55. The average molecular weight is 310 g/mol. The minimum Gasteiger partial charge on any atom is -0.294 e. The van der Waals surface area contributed by atoms with Gasteiger partial charge in [0.25, 0.3) is 0 Å². The third kappa shape index (κ3) is 3.17. The molecule has 116 valence electrons. The molecular formula is C15H22N2O3S. The van der Waals surface area contributed by atoms with E-state index in [1.165, 1.54) is 6.07 Å². The largest absolute Gasteiger partial charge is 0.294 e. The van der Waals surface area contributed by atoms with Crippen LogP contribution in [0.2, 0.25) is 0 Å². The first-order valence-corrected chi connectivity index (χ1v) is 8.62. The second-order valence-corrected chi connectivity index (χ2v) is 7.70. The van der Waals surface area contributed by atoms with E-state index in [1.807, 2.05) is 6.07 Å². The van der Waals surface area contributed by atoms with Gasteiger partial charge in [0.15, 0.2) is 5.78 Å². The van der Waals surface area contributed by atoms with Gasteiger partial charge in [0, 0.05) is 30.6 Å². The van der Waals surface area contributed by atoms with Crippen LogP contribution in [0.3, 0.4) is 0 Å². The molecule has 5 nitrogen and oxygen atoms in total. The Bertz CT molecular complexity index is 678. The van der Waals surface area contributed by atoms with E-state index < -0.39 is 10.0 Å². The zero-order chi connectivity index (χ0) is 15.9. The quantitative estimate of drug-likeness (QED) is 0.861. The van der Waals surface area contributed by atoms with Gasteiger partial charge in [-0.05, 0) is 37.1 Å². The van der Waals surface area contributed by atoms with Crippen LogP contribution in [-0.2, 0) is 23.1 Å². The van der Waals surface area contributed by atoms with Gasteiger partial charge < -0.3 is 0 Å². The Labute approximate surface area is 126 Å². The third-order valence-electron chi connectivity index (χ3n) is 3.88.